The van der Waals surface area contributed by atoms with Gasteiger partial charge in [0.1, 0.15) is 12.6 Å². The number of carbonyl (C=O) groups excluding carboxylic acids is 2. The molecule has 0 radical (unpaired) electrons. The monoisotopic (exact) mass is 501 g/mol. The molecule has 2 amide bonds. The molecule has 2 rings (SSSR count). The molecule has 0 saturated heterocycles. The molecule has 0 unspecified atom stereocenters. The Morgan fingerprint density at radius 3 is 2.11 bits per heavy atom. The number of rotatable bonds is 11. The number of carbonyl (C=O) groups is 2. The molecule has 0 saturated carbocycles. The van der Waals surface area contributed by atoms with Gasteiger partial charge in [0.2, 0.25) is 21.8 Å². The van der Waals surface area contributed by atoms with Crippen LogP contribution in [-0.4, -0.2) is 50.0 Å². The lowest BCUT2D eigenvalue weighted by atomic mass is 10.0. The number of hydrogen-bond donors (Lipinski definition) is 1. The maximum Gasteiger partial charge on any atom is 0.244 e. The second-order valence-electron chi connectivity index (χ2n) is 9.48. The third-order valence-corrected chi connectivity index (χ3v) is 7.27. The Morgan fingerprint density at radius 1 is 0.971 bits per heavy atom. The third kappa shape index (κ3) is 7.82. The van der Waals surface area contributed by atoms with Crippen LogP contribution in [0.2, 0.25) is 0 Å². The first kappa shape index (κ1) is 28.4. The molecule has 35 heavy (non-hydrogen) atoms. The summed E-state index contributed by atoms with van der Waals surface area (Å²) in [7, 11) is -3.76. The van der Waals surface area contributed by atoms with Crippen LogP contribution in [0.3, 0.4) is 0 Å². The van der Waals surface area contributed by atoms with E-state index in [1.165, 1.54) is 4.90 Å². The SMILES string of the molecule is CC[C@H](C)NC(=O)[C@H](C)N(Cc1ccc(C)cc1)C(=O)CN(c1ccccc1C(C)C)S(C)(=O)=O. The van der Waals surface area contributed by atoms with Crippen LogP contribution in [0.25, 0.3) is 0 Å². The lowest BCUT2D eigenvalue weighted by molar-refractivity contribution is -0.139. The van der Waals surface area contributed by atoms with E-state index in [0.717, 1.165) is 33.7 Å². The molecule has 1 N–H and O–H groups in total. The average molecular weight is 502 g/mol. The van der Waals surface area contributed by atoms with Crippen molar-refractivity contribution in [3.63, 3.8) is 0 Å². The van der Waals surface area contributed by atoms with Crippen molar-refractivity contribution >= 4 is 27.5 Å². The summed E-state index contributed by atoms with van der Waals surface area (Å²) in [6.45, 7) is 11.3. The molecule has 0 aliphatic rings. The number of sulfonamides is 1. The van der Waals surface area contributed by atoms with Gasteiger partial charge in [-0.2, -0.15) is 0 Å². The van der Waals surface area contributed by atoms with Gasteiger partial charge in [0.15, 0.2) is 0 Å². The van der Waals surface area contributed by atoms with Gasteiger partial charge in [0.25, 0.3) is 0 Å². The van der Waals surface area contributed by atoms with Gasteiger partial charge < -0.3 is 10.2 Å². The summed E-state index contributed by atoms with van der Waals surface area (Å²) in [6, 6.07) is 14.1. The molecule has 2 atom stereocenters. The van der Waals surface area contributed by atoms with E-state index in [1.807, 2.05) is 71.0 Å². The van der Waals surface area contributed by atoms with Crippen molar-refractivity contribution in [3.8, 4) is 0 Å². The number of anilines is 1. The first-order valence-corrected chi connectivity index (χ1v) is 13.9. The molecular weight excluding hydrogens is 462 g/mol. The Hall–Kier alpha value is -2.87. The van der Waals surface area contributed by atoms with Crippen LogP contribution in [0.4, 0.5) is 5.69 Å². The van der Waals surface area contributed by atoms with E-state index in [2.05, 4.69) is 5.32 Å². The average Bonchev–Trinajstić information content (AvgIpc) is 2.80. The largest absolute Gasteiger partial charge is 0.352 e. The van der Waals surface area contributed by atoms with Gasteiger partial charge in [-0.1, -0.05) is 68.8 Å². The lowest BCUT2D eigenvalue weighted by Crippen LogP contribution is -2.52. The van der Waals surface area contributed by atoms with Crippen LogP contribution < -0.4 is 9.62 Å². The fraction of sp³-hybridized carbons (Fsp3) is 0.481. The molecular formula is C27H39N3O4S. The van der Waals surface area contributed by atoms with Crippen molar-refractivity contribution in [2.75, 3.05) is 17.1 Å². The molecule has 192 valence electrons. The highest BCUT2D eigenvalue weighted by Gasteiger charge is 2.31. The van der Waals surface area contributed by atoms with E-state index in [1.54, 1.807) is 19.1 Å². The standard InChI is InChI=1S/C27H39N3O4S/c1-8-21(5)28-27(32)22(6)29(17-23-15-13-20(4)14-16-23)26(31)18-30(35(7,33)34)25-12-10-9-11-24(25)19(2)3/h9-16,19,21-22H,8,17-18H2,1-7H3,(H,28,32)/t21-,22-/m0/s1. The molecule has 0 heterocycles. The Kier molecular flexibility index (Phi) is 9.89. The van der Waals surface area contributed by atoms with Crippen LogP contribution in [0.1, 0.15) is 63.6 Å². The maximum absolute atomic E-state index is 13.7. The molecule has 8 heteroatoms. The third-order valence-electron chi connectivity index (χ3n) is 6.15. The zero-order chi connectivity index (χ0) is 26.3. The minimum Gasteiger partial charge on any atom is -0.352 e. The minimum absolute atomic E-state index is 0.0355. The molecule has 0 aromatic heterocycles. The molecule has 0 bridgehead atoms. The number of amides is 2. The Morgan fingerprint density at radius 2 is 1.57 bits per heavy atom. The highest BCUT2D eigenvalue weighted by atomic mass is 32.2. The second-order valence-corrected chi connectivity index (χ2v) is 11.4. The predicted octanol–water partition coefficient (Wildman–Crippen LogP) is 4.22. The number of aryl methyl sites for hydroxylation is 1. The summed E-state index contributed by atoms with van der Waals surface area (Å²) in [4.78, 5) is 28.1. The lowest BCUT2D eigenvalue weighted by Gasteiger charge is -2.32. The maximum atomic E-state index is 13.7. The van der Waals surface area contributed by atoms with Crippen molar-refractivity contribution in [1.82, 2.24) is 10.2 Å². The van der Waals surface area contributed by atoms with E-state index in [4.69, 9.17) is 0 Å². The van der Waals surface area contributed by atoms with Gasteiger partial charge in [-0.25, -0.2) is 8.42 Å². The first-order valence-electron chi connectivity index (χ1n) is 12.1. The number of nitrogens with zero attached hydrogens (tertiary/aromatic N) is 2. The summed E-state index contributed by atoms with van der Waals surface area (Å²) in [5.74, 6) is -0.649. The van der Waals surface area contributed by atoms with E-state index in [9.17, 15) is 18.0 Å². The zero-order valence-corrected chi connectivity index (χ0v) is 22.7. The van der Waals surface area contributed by atoms with Gasteiger partial charge in [-0.05, 0) is 50.3 Å². The molecule has 2 aromatic rings. The van der Waals surface area contributed by atoms with Crippen molar-refractivity contribution in [3.05, 3.63) is 65.2 Å². The van der Waals surface area contributed by atoms with Gasteiger partial charge >= 0.3 is 0 Å². The van der Waals surface area contributed by atoms with Crippen LogP contribution >= 0.6 is 0 Å². The van der Waals surface area contributed by atoms with E-state index in [0.29, 0.717) is 5.69 Å². The molecule has 0 aliphatic carbocycles. The Bertz CT molecular complexity index is 1110. The van der Waals surface area contributed by atoms with Crippen LogP contribution in [0.5, 0.6) is 0 Å². The highest BCUT2D eigenvalue weighted by molar-refractivity contribution is 7.92. The normalized spacial score (nSPS) is 13.3. The summed E-state index contributed by atoms with van der Waals surface area (Å²) in [5, 5.41) is 2.93. The fourth-order valence-corrected chi connectivity index (χ4v) is 4.60. The van der Waals surface area contributed by atoms with Crippen molar-refractivity contribution in [2.24, 2.45) is 0 Å². The van der Waals surface area contributed by atoms with Crippen LogP contribution in [-0.2, 0) is 26.2 Å². The molecule has 2 aromatic carbocycles. The minimum atomic E-state index is -3.76. The Labute approximate surface area is 210 Å². The van der Waals surface area contributed by atoms with Gasteiger partial charge in [0, 0.05) is 12.6 Å². The highest BCUT2D eigenvalue weighted by Crippen LogP contribution is 2.29. The van der Waals surface area contributed by atoms with E-state index in [-0.39, 0.29) is 24.4 Å². The van der Waals surface area contributed by atoms with Crippen molar-refractivity contribution in [2.45, 2.75) is 72.5 Å². The van der Waals surface area contributed by atoms with Gasteiger partial charge in [-0.15, -0.1) is 0 Å². The topological polar surface area (TPSA) is 86.8 Å². The van der Waals surface area contributed by atoms with Crippen LogP contribution in [0, 0.1) is 6.92 Å². The van der Waals surface area contributed by atoms with Crippen molar-refractivity contribution in [1.29, 1.82) is 0 Å². The molecule has 0 spiro atoms. The predicted molar refractivity (Wildman–Crippen MR) is 142 cm³/mol. The van der Waals surface area contributed by atoms with E-state index >= 15 is 0 Å². The van der Waals surface area contributed by atoms with Gasteiger partial charge in [-0.3, -0.25) is 13.9 Å². The van der Waals surface area contributed by atoms with Gasteiger partial charge in [0.05, 0.1) is 11.9 Å². The summed E-state index contributed by atoms with van der Waals surface area (Å²) in [6.07, 6.45) is 1.86. The van der Waals surface area contributed by atoms with Crippen LogP contribution in [0.15, 0.2) is 48.5 Å². The molecule has 0 fully saturated rings. The zero-order valence-electron chi connectivity index (χ0n) is 21.9. The smallest absolute Gasteiger partial charge is 0.244 e. The summed E-state index contributed by atoms with van der Waals surface area (Å²) >= 11 is 0. The number of para-hydroxylation sites is 1. The second kappa shape index (κ2) is 12.2. The number of hydrogen-bond acceptors (Lipinski definition) is 4. The number of benzene rings is 2. The summed E-state index contributed by atoms with van der Waals surface area (Å²) < 4.78 is 26.8. The Balaban J connectivity index is 2.44. The number of nitrogens with one attached hydrogen (secondary N) is 1. The van der Waals surface area contributed by atoms with E-state index < -0.39 is 28.5 Å². The van der Waals surface area contributed by atoms with Crippen molar-refractivity contribution < 1.29 is 18.0 Å². The quantitative estimate of drug-likeness (QED) is 0.500. The first-order chi connectivity index (χ1) is 16.3. The molecule has 0 aliphatic heterocycles. The summed E-state index contributed by atoms with van der Waals surface area (Å²) in [5.41, 5.74) is 3.26. The molecule has 7 nitrogen and oxygen atoms in total. The fourth-order valence-electron chi connectivity index (χ4n) is 3.74.